The van der Waals surface area contributed by atoms with Crippen molar-refractivity contribution in [1.29, 1.82) is 0 Å². The number of hydrogen-bond acceptors (Lipinski definition) is 3. The lowest BCUT2D eigenvalue weighted by Gasteiger charge is -2.13. The van der Waals surface area contributed by atoms with Gasteiger partial charge in [0.1, 0.15) is 0 Å². The van der Waals surface area contributed by atoms with E-state index >= 15 is 0 Å². The van der Waals surface area contributed by atoms with Crippen molar-refractivity contribution >= 4 is 11.7 Å². The average molecular weight is 157 g/mol. The van der Waals surface area contributed by atoms with E-state index < -0.39 is 0 Å². The quantitative estimate of drug-likeness (QED) is 0.426. The molecule has 0 aliphatic rings. The van der Waals surface area contributed by atoms with Gasteiger partial charge in [-0.1, -0.05) is 0 Å². The molecule has 0 unspecified atom stereocenters. The van der Waals surface area contributed by atoms with Gasteiger partial charge >= 0.3 is 0 Å². The van der Waals surface area contributed by atoms with Crippen molar-refractivity contribution in [3.05, 3.63) is 0 Å². The molecular formula is C8H15NO2. The second-order valence-electron chi connectivity index (χ2n) is 3.35. The minimum atomic E-state index is -0.253. The van der Waals surface area contributed by atoms with Crippen LogP contribution in [0.25, 0.3) is 0 Å². The van der Waals surface area contributed by atoms with Gasteiger partial charge in [0.25, 0.3) is 5.90 Å². The number of methoxy groups -OCH3 is 1. The van der Waals surface area contributed by atoms with Gasteiger partial charge in [-0.05, 0) is 20.8 Å². The zero-order valence-corrected chi connectivity index (χ0v) is 7.76. The van der Waals surface area contributed by atoms with Crippen LogP contribution in [0.2, 0.25) is 0 Å². The zero-order valence-electron chi connectivity index (χ0n) is 7.76. The third-order valence-corrected chi connectivity index (χ3v) is 0.931. The summed E-state index contributed by atoms with van der Waals surface area (Å²) in [5, 5.41) is 0. The third kappa shape index (κ3) is 4.53. The zero-order chi connectivity index (χ0) is 9.07. The number of ketones is 1. The van der Waals surface area contributed by atoms with E-state index in [2.05, 4.69) is 4.99 Å². The first-order valence-electron chi connectivity index (χ1n) is 3.51. The predicted octanol–water partition coefficient (Wildman–Crippen LogP) is 1.42. The highest BCUT2D eigenvalue weighted by Crippen LogP contribution is 2.07. The summed E-state index contributed by atoms with van der Waals surface area (Å²) in [7, 11) is 1.45. The molecule has 0 atom stereocenters. The van der Waals surface area contributed by atoms with Gasteiger partial charge in [-0.3, -0.25) is 4.79 Å². The summed E-state index contributed by atoms with van der Waals surface area (Å²) >= 11 is 0. The Kier molecular flexibility index (Phi) is 3.23. The molecule has 0 aliphatic carbocycles. The summed E-state index contributed by atoms with van der Waals surface area (Å²) in [6.07, 6.45) is 0. The topological polar surface area (TPSA) is 38.7 Å². The summed E-state index contributed by atoms with van der Waals surface area (Å²) < 4.78 is 4.79. The lowest BCUT2D eigenvalue weighted by molar-refractivity contribution is -0.112. The molecule has 0 bridgehead atoms. The Morgan fingerprint density at radius 1 is 1.36 bits per heavy atom. The summed E-state index contributed by atoms with van der Waals surface area (Å²) in [6, 6.07) is 0. The number of aliphatic imine (C=N–C) groups is 1. The van der Waals surface area contributed by atoms with Gasteiger partial charge < -0.3 is 4.74 Å². The van der Waals surface area contributed by atoms with Crippen molar-refractivity contribution in [2.45, 2.75) is 33.2 Å². The molecule has 0 fully saturated rings. The number of Topliss-reactive ketones (excluding diaryl/α,β-unsaturated/α-hetero) is 1. The molecule has 0 amide bonds. The van der Waals surface area contributed by atoms with Gasteiger partial charge in [-0.2, -0.15) is 0 Å². The molecule has 0 spiro atoms. The summed E-state index contributed by atoms with van der Waals surface area (Å²) in [5.74, 6) is 0.0555. The van der Waals surface area contributed by atoms with Crippen LogP contribution in [0.15, 0.2) is 4.99 Å². The summed E-state index contributed by atoms with van der Waals surface area (Å²) in [4.78, 5) is 14.9. The van der Waals surface area contributed by atoms with Crippen LogP contribution in [-0.2, 0) is 9.53 Å². The number of rotatable bonds is 1. The lowest BCUT2D eigenvalue weighted by atomic mass is 10.1. The minimum absolute atomic E-state index is 0.137. The van der Waals surface area contributed by atoms with Crippen molar-refractivity contribution in [2.24, 2.45) is 4.99 Å². The minimum Gasteiger partial charge on any atom is -0.479 e. The number of nitrogens with zero attached hydrogens (tertiary/aromatic N) is 1. The Balaban J connectivity index is 4.49. The molecule has 0 rings (SSSR count). The van der Waals surface area contributed by atoms with Gasteiger partial charge in [0.15, 0.2) is 0 Å². The van der Waals surface area contributed by atoms with E-state index in [1.807, 2.05) is 20.8 Å². The van der Waals surface area contributed by atoms with E-state index in [0.29, 0.717) is 0 Å². The first kappa shape index (κ1) is 10.1. The van der Waals surface area contributed by atoms with Crippen LogP contribution in [-0.4, -0.2) is 24.3 Å². The van der Waals surface area contributed by atoms with Crippen LogP contribution in [0.3, 0.4) is 0 Å². The van der Waals surface area contributed by atoms with E-state index in [9.17, 15) is 4.79 Å². The standard InChI is InChI=1S/C8H15NO2/c1-6(10)7(11-5)9-8(2,3)4/h1-5H3. The van der Waals surface area contributed by atoms with Crippen LogP contribution in [0.1, 0.15) is 27.7 Å². The highest BCUT2D eigenvalue weighted by atomic mass is 16.5. The fourth-order valence-electron chi connectivity index (χ4n) is 0.573. The first-order chi connectivity index (χ1) is 4.87. The molecule has 11 heavy (non-hydrogen) atoms. The Labute approximate surface area is 67.5 Å². The summed E-state index contributed by atoms with van der Waals surface area (Å²) in [5.41, 5.74) is -0.253. The Morgan fingerprint density at radius 3 is 1.91 bits per heavy atom. The van der Waals surface area contributed by atoms with E-state index in [1.54, 1.807) is 0 Å². The Hall–Kier alpha value is -0.860. The lowest BCUT2D eigenvalue weighted by Crippen LogP contribution is -2.20. The Bertz CT molecular complexity index is 177. The molecule has 3 heteroatoms. The van der Waals surface area contributed by atoms with Crippen molar-refractivity contribution in [1.82, 2.24) is 0 Å². The van der Waals surface area contributed by atoms with E-state index in [0.717, 1.165) is 0 Å². The number of ether oxygens (including phenoxy) is 1. The molecule has 0 aromatic rings. The van der Waals surface area contributed by atoms with Crippen molar-refractivity contribution < 1.29 is 9.53 Å². The second-order valence-corrected chi connectivity index (χ2v) is 3.35. The molecule has 0 radical (unpaired) electrons. The number of carbonyl (C=O) groups excluding carboxylic acids is 1. The molecule has 64 valence electrons. The van der Waals surface area contributed by atoms with Crippen molar-refractivity contribution in [3.63, 3.8) is 0 Å². The van der Waals surface area contributed by atoms with Gasteiger partial charge in [0.05, 0.1) is 12.6 Å². The molecule has 0 aromatic heterocycles. The molecule has 0 aliphatic heterocycles. The Morgan fingerprint density at radius 2 is 1.82 bits per heavy atom. The average Bonchev–Trinajstić information content (AvgIpc) is 1.80. The van der Waals surface area contributed by atoms with E-state index in [-0.39, 0.29) is 17.2 Å². The van der Waals surface area contributed by atoms with Crippen molar-refractivity contribution in [3.8, 4) is 0 Å². The molecule has 3 nitrogen and oxygen atoms in total. The molecular weight excluding hydrogens is 142 g/mol. The fraction of sp³-hybridized carbons (Fsp3) is 0.750. The number of carbonyl (C=O) groups is 1. The van der Waals surface area contributed by atoms with Gasteiger partial charge in [0, 0.05) is 6.92 Å². The van der Waals surface area contributed by atoms with Crippen LogP contribution >= 0.6 is 0 Å². The molecule has 0 saturated carbocycles. The monoisotopic (exact) mass is 157 g/mol. The van der Waals surface area contributed by atoms with Crippen LogP contribution in [0.4, 0.5) is 0 Å². The molecule has 0 heterocycles. The van der Waals surface area contributed by atoms with Crippen LogP contribution in [0.5, 0.6) is 0 Å². The maximum Gasteiger partial charge on any atom is 0.253 e. The molecule has 0 saturated heterocycles. The van der Waals surface area contributed by atoms with Crippen LogP contribution in [0, 0.1) is 0 Å². The van der Waals surface area contributed by atoms with Crippen molar-refractivity contribution in [2.75, 3.05) is 7.11 Å². The van der Waals surface area contributed by atoms with Gasteiger partial charge in [-0.15, -0.1) is 0 Å². The highest BCUT2D eigenvalue weighted by molar-refractivity contribution is 6.35. The van der Waals surface area contributed by atoms with Crippen LogP contribution < -0.4 is 0 Å². The predicted molar refractivity (Wildman–Crippen MR) is 44.9 cm³/mol. The SMILES string of the molecule is COC(=NC(C)(C)C)C(C)=O. The maximum absolute atomic E-state index is 10.8. The molecule has 0 aromatic carbocycles. The highest BCUT2D eigenvalue weighted by Gasteiger charge is 2.12. The second kappa shape index (κ2) is 3.51. The maximum atomic E-state index is 10.8. The van der Waals surface area contributed by atoms with Gasteiger partial charge in [-0.25, -0.2) is 4.99 Å². The normalized spacial score (nSPS) is 13.0. The summed E-state index contributed by atoms with van der Waals surface area (Å²) in [6.45, 7) is 7.17. The number of hydrogen-bond donors (Lipinski definition) is 0. The van der Waals surface area contributed by atoms with Gasteiger partial charge in [0.2, 0.25) is 5.78 Å². The van der Waals surface area contributed by atoms with E-state index in [1.165, 1.54) is 14.0 Å². The third-order valence-electron chi connectivity index (χ3n) is 0.931. The smallest absolute Gasteiger partial charge is 0.253 e. The van der Waals surface area contributed by atoms with E-state index in [4.69, 9.17) is 4.74 Å². The molecule has 0 N–H and O–H groups in total. The largest absolute Gasteiger partial charge is 0.479 e. The fourth-order valence-corrected chi connectivity index (χ4v) is 0.573. The first-order valence-corrected chi connectivity index (χ1v) is 3.51.